The third-order valence-corrected chi connectivity index (χ3v) is 5.31. The minimum Gasteiger partial charge on any atom is -0.287 e. The summed E-state index contributed by atoms with van der Waals surface area (Å²) in [6.07, 6.45) is 7.33. The van der Waals surface area contributed by atoms with Crippen LogP contribution in [0.25, 0.3) is 0 Å². The topological polar surface area (TPSA) is 8.88 Å². The first-order chi connectivity index (χ1) is 7.69. The molecule has 0 aromatic heterocycles. The summed E-state index contributed by atoms with van der Waals surface area (Å²) in [7, 11) is 0. The smallest absolute Gasteiger partial charge is 0.204 e. The van der Waals surface area contributed by atoms with Gasteiger partial charge in [-0.2, -0.15) is 0 Å². The molecule has 0 aliphatic carbocycles. The maximum atomic E-state index is 2.38. The molecule has 0 amide bonds. The van der Waals surface area contributed by atoms with Crippen LogP contribution in [-0.4, -0.2) is 32.8 Å². The quantitative estimate of drug-likeness (QED) is 0.650. The molecular formula is C14H28N2+2. The van der Waals surface area contributed by atoms with Gasteiger partial charge in [0.2, 0.25) is 6.67 Å². The maximum absolute atomic E-state index is 2.38. The fourth-order valence-corrected chi connectivity index (χ4v) is 5.61. The Labute approximate surface area is 100.0 Å². The van der Waals surface area contributed by atoms with E-state index in [1.807, 2.05) is 9.80 Å². The number of quaternary nitrogens is 2. The van der Waals surface area contributed by atoms with Gasteiger partial charge in [-0.1, -0.05) is 26.7 Å². The second-order valence-electron chi connectivity index (χ2n) is 7.06. The van der Waals surface area contributed by atoms with Crippen LogP contribution in [0.5, 0.6) is 0 Å². The van der Waals surface area contributed by atoms with E-state index in [1.54, 1.807) is 6.42 Å². The highest BCUT2D eigenvalue weighted by Gasteiger charge is 2.61. The van der Waals surface area contributed by atoms with Crippen LogP contribution in [0.3, 0.4) is 0 Å². The number of hydrogen-bond acceptors (Lipinski definition) is 0. The summed E-state index contributed by atoms with van der Waals surface area (Å²) in [6, 6.07) is 0. The fourth-order valence-electron chi connectivity index (χ4n) is 5.61. The summed E-state index contributed by atoms with van der Waals surface area (Å²) in [5, 5.41) is 0. The van der Waals surface area contributed by atoms with Crippen molar-refractivity contribution in [2.75, 3.05) is 32.8 Å². The minimum absolute atomic E-state index is 0.739. The lowest BCUT2D eigenvalue weighted by Crippen LogP contribution is -3.40. The summed E-state index contributed by atoms with van der Waals surface area (Å²) in [4.78, 5) is 3.86. The molecule has 4 saturated heterocycles. The van der Waals surface area contributed by atoms with E-state index in [4.69, 9.17) is 0 Å². The average Bonchev–Trinajstić information content (AvgIpc) is 2.14. The Hall–Kier alpha value is -0.0800. The molecule has 0 atom stereocenters. The van der Waals surface area contributed by atoms with Crippen LogP contribution in [0.15, 0.2) is 0 Å². The van der Waals surface area contributed by atoms with Crippen LogP contribution in [0.1, 0.15) is 46.0 Å². The van der Waals surface area contributed by atoms with Crippen molar-refractivity contribution in [2.24, 2.45) is 10.8 Å². The van der Waals surface area contributed by atoms with Crippen LogP contribution in [0.2, 0.25) is 0 Å². The predicted octanol–water partition coefficient (Wildman–Crippen LogP) is -0.282. The standard InChI is InChI=1S/C14H26N2/c1-3-5-13-7-14(6-4-2)10-15(8-13)12-16(9-13)11-14/h3-12H2,1-2H3/p+2. The van der Waals surface area contributed by atoms with E-state index in [1.165, 1.54) is 58.5 Å². The molecule has 16 heavy (non-hydrogen) atoms. The largest absolute Gasteiger partial charge is 0.287 e. The molecule has 4 fully saturated rings. The highest BCUT2D eigenvalue weighted by atomic mass is 15.4. The van der Waals surface area contributed by atoms with Crippen molar-refractivity contribution >= 4 is 0 Å². The summed E-state index contributed by atoms with van der Waals surface area (Å²) in [5.74, 6) is 0. The van der Waals surface area contributed by atoms with E-state index in [9.17, 15) is 0 Å². The Morgan fingerprint density at radius 3 is 1.62 bits per heavy atom. The summed E-state index contributed by atoms with van der Waals surface area (Å²) in [5.41, 5.74) is 1.48. The molecule has 4 bridgehead atoms. The predicted molar refractivity (Wildman–Crippen MR) is 65.6 cm³/mol. The lowest BCUT2D eigenvalue weighted by molar-refractivity contribution is -1.14. The molecule has 2 heteroatoms. The summed E-state index contributed by atoms with van der Waals surface area (Å²) in [6.45, 7) is 12.2. The van der Waals surface area contributed by atoms with Gasteiger partial charge in [-0.05, 0) is 19.3 Å². The van der Waals surface area contributed by atoms with Crippen LogP contribution in [0.4, 0.5) is 0 Å². The molecule has 4 rings (SSSR count). The Morgan fingerprint density at radius 1 is 0.812 bits per heavy atom. The SMILES string of the molecule is CCCC12C[NH+]3C[NH+](C1)CC(CCC)(C3)C2. The molecule has 0 spiro atoms. The molecule has 2 N–H and O–H groups in total. The lowest BCUT2D eigenvalue weighted by atomic mass is 9.59. The zero-order chi connectivity index (χ0) is 11.2. The Morgan fingerprint density at radius 2 is 1.25 bits per heavy atom. The van der Waals surface area contributed by atoms with Crippen molar-refractivity contribution in [3.8, 4) is 0 Å². The third kappa shape index (κ3) is 1.62. The normalized spacial score (nSPS) is 49.9. The molecule has 2 nitrogen and oxygen atoms in total. The monoisotopic (exact) mass is 224 g/mol. The highest BCUT2D eigenvalue weighted by molar-refractivity contribution is 4.95. The third-order valence-electron chi connectivity index (χ3n) is 5.31. The molecule has 0 unspecified atom stereocenters. The number of nitrogens with one attached hydrogen (secondary N) is 2. The van der Waals surface area contributed by atoms with E-state index >= 15 is 0 Å². The van der Waals surface area contributed by atoms with Gasteiger partial charge in [0.15, 0.2) is 0 Å². The van der Waals surface area contributed by atoms with Gasteiger partial charge in [-0.25, -0.2) is 0 Å². The van der Waals surface area contributed by atoms with Crippen LogP contribution < -0.4 is 9.80 Å². The molecule has 4 aliphatic rings. The number of rotatable bonds is 4. The second-order valence-corrected chi connectivity index (χ2v) is 7.06. The van der Waals surface area contributed by atoms with Crippen molar-refractivity contribution < 1.29 is 9.80 Å². The minimum atomic E-state index is 0.739. The van der Waals surface area contributed by atoms with Gasteiger partial charge in [0.05, 0.1) is 37.0 Å². The van der Waals surface area contributed by atoms with E-state index in [0.29, 0.717) is 0 Å². The molecule has 0 saturated carbocycles. The van der Waals surface area contributed by atoms with Gasteiger partial charge in [0.25, 0.3) is 0 Å². The zero-order valence-electron chi connectivity index (χ0n) is 11.1. The number of piperidine rings is 2. The average molecular weight is 224 g/mol. The van der Waals surface area contributed by atoms with Crippen molar-refractivity contribution in [3.63, 3.8) is 0 Å². The first kappa shape index (κ1) is 11.0. The van der Waals surface area contributed by atoms with Crippen molar-refractivity contribution in [1.82, 2.24) is 0 Å². The zero-order valence-corrected chi connectivity index (χ0v) is 11.1. The maximum Gasteiger partial charge on any atom is 0.204 e. The number of hydrogen-bond donors (Lipinski definition) is 2. The summed E-state index contributed by atoms with van der Waals surface area (Å²) < 4.78 is 0. The van der Waals surface area contributed by atoms with E-state index < -0.39 is 0 Å². The van der Waals surface area contributed by atoms with Gasteiger partial charge in [-0.15, -0.1) is 0 Å². The van der Waals surface area contributed by atoms with E-state index in [0.717, 1.165) is 10.8 Å². The first-order valence-electron chi connectivity index (χ1n) is 7.36. The van der Waals surface area contributed by atoms with Crippen LogP contribution in [-0.2, 0) is 0 Å². The Kier molecular flexibility index (Phi) is 2.56. The van der Waals surface area contributed by atoms with Gasteiger partial charge in [0.1, 0.15) is 0 Å². The fraction of sp³-hybridized carbons (Fsp3) is 1.00. The van der Waals surface area contributed by atoms with Crippen LogP contribution in [0, 0.1) is 10.8 Å². The second kappa shape index (κ2) is 3.71. The molecule has 92 valence electrons. The van der Waals surface area contributed by atoms with E-state index in [2.05, 4.69) is 13.8 Å². The molecule has 0 aromatic carbocycles. The van der Waals surface area contributed by atoms with Gasteiger partial charge in [-0.3, -0.25) is 9.80 Å². The highest BCUT2D eigenvalue weighted by Crippen LogP contribution is 2.43. The van der Waals surface area contributed by atoms with Crippen LogP contribution >= 0.6 is 0 Å². The van der Waals surface area contributed by atoms with Gasteiger partial charge >= 0.3 is 0 Å². The molecular weight excluding hydrogens is 196 g/mol. The first-order valence-corrected chi connectivity index (χ1v) is 7.36. The molecule has 4 heterocycles. The molecule has 4 aliphatic heterocycles. The van der Waals surface area contributed by atoms with Crippen molar-refractivity contribution in [2.45, 2.75) is 46.0 Å². The van der Waals surface area contributed by atoms with Gasteiger partial charge < -0.3 is 0 Å². The Bertz CT molecular complexity index is 236. The van der Waals surface area contributed by atoms with Crippen molar-refractivity contribution in [3.05, 3.63) is 0 Å². The molecule has 0 radical (unpaired) electrons. The Balaban J connectivity index is 1.85. The lowest BCUT2D eigenvalue weighted by Gasteiger charge is -2.59. The molecule has 0 aromatic rings. The van der Waals surface area contributed by atoms with E-state index in [-0.39, 0.29) is 0 Å². The van der Waals surface area contributed by atoms with Crippen molar-refractivity contribution in [1.29, 1.82) is 0 Å². The van der Waals surface area contributed by atoms with Gasteiger partial charge in [0, 0.05) is 0 Å². The summed E-state index contributed by atoms with van der Waals surface area (Å²) >= 11 is 0.